The molecular weight excluding hydrogens is 279 g/mol. The third kappa shape index (κ3) is 3.09. The lowest BCUT2D eigenvalue weighted by Crippen LogP contribution is -2.42. The van der Waals surface area contributed by atoms with Crippen molar-refractivity contribution >= 4 is 0 Å². The first kappa shape index (κ1) is 16.3. The largest absolute Gasteiger partial charge is 0.388 e. The Morgan fingerprint density at radius 2 is 1.57 bits per heavy atom. The van der Waals surface area contributed by atoms with Gasteiger partial charge in [-0.05, 0) is 48.8 Å². The maximum Gasteiger partial charge on any atom is 0.194 e. The van der Waals surface area contributed by atoms with Crippen molar-refractivity contribution in [2.45, 2.75) is 45.6 Å². The first-order valence-corrected chi connectivity index (χ1v) is 7.23. The zero-order chi connectivity index (χ0) is 15.8. The van der Waals surface area contributed by atoms with Crippen LogP contribution >= 0.6 is 0 Å². The molecule has 1 aliphatic carbocycles. The quantitative estimate of drug-likeness (QED) is 0.837. The smallest absolute Gasteiger partial charge is 0.194 e. The minimum Gasteiger partial charge on any atom is -0.388 e. The van der Waals surface area contributed by atoms with E-state index in [0.29, 0.717) is 12.8 Å². The first-order valence-electron chi connectivity index (χ1n) is 7.23. The molecule has 118 valence electrons. The van der Waals surface area contributed by atoms with Crippen LogP contribution < -0.4 is 5.73 Å². The Balaban J connectivity index is 2.31. The molecule has 0 aromatic heterocycles. The van der Waals surface area contributed by atoms with Crippen molar-refractivity contribution < 1.29 is 18.3 Å². The van der Waals surface area contributed by atoms with Crippen LogP contribution in [0.25, 0.3) is 0 Å². The molecule has 3 N–H and O–H groups in total. The second-order valence-corrected chi connectivity index (χ2v) is 6.93. The monoisotopic (exact) mass is 301 g/mol. The molecule has 1 aromatic carbocycles. The van der Waals surface area contributed by atoms with Gasteiger partial charge >= 0.3 is 0 Å². The van der Waals surface area contributed by atoms with Crippen LogP contribution in [0.1, 0.15) is 51.2 Å². The van der Waals surface area contributed by atoms with E-state index in [9.17, 15) is 18.3 Å². The Morgan fingerprint density at radius 3 is 2.00 bits per heavy atom. The molecule has 2 nitrogen and oxygen atoms in total. The van der Waals surface area contributed by atoms with Crippen LogP contribution in [0.4, 0.5) is 13.2 Å². The van der Waals surface area contributed by atoms with E-state index in [-0.39, 0.29) is 17.5 Å². The number of aliphatic hydroxyl groups is 1. The summed E-state index contributed by atoms with van der Waals surface area (Å²) in [5, 5.41) is 10.6. The number of rotatable bonds is 3. The molecule has 1 saturated carbocycles. The standard InChI is InChI=1S/C16H22F3NO/c1-15(2)3-5-16(9-20,6-4-15)14(21)10-7-11(17)13(19)12(18)8-10/h7-8,14,21H,3-6,9,20H2,1-2H3. The van der Waals surface area contributed by atoms with Crippen molar-refractivity contribution in [2.24, 2.45) is 16.6 Å². The molecule has 1 fully saturated rings. The Labute approximate surface area is 123 Å². The summed E-state index contributed by atoms with van der Waals surface area (Å²) in [5.41, 5.74) is 5.48. The third-order valence-corrected chi connectivity index (χ3v) is 4.91. The van der Waals surface area contributed by atoms with E-state index in [1.807, 2.05) is 0 Å². The Morgan fingerprint density at radius 1 is 1.10 bits per heavy atom. The van der Waals surface area contributed by atoms with E-state index in [4.69, 9.17) is 5.73 Å². The van der Waals surface area contributed by atoms with Crippen LogP contribution in [0.2, 0.25) is 0 Å². The number of hydrogen-bond donors (Lipinski definition) is 2. The van der Waals surface area contributed by atoms with Gasteiger partial charge in [0.1, 0.15) is 0 Å². The van der Waals surface area contributed by atoms with Crippen LogP contribution in [0.15, 0.2) is 12.1 Å². The first-order chi connectivity index (χ1) is 9.71. The summed E-state index contributed by atoms with van der Waals surface area (Å²) < 4.78 is 39.8. The summed E-state index contributed by atoms with van der Waals surface area (Å²) in [6.07, 6.45) is 2.03. The lowest BCUT2D eigenvalue weighted by Gasteiger charge is -2.45. The number of benzene rings is 1. The molecular formula is C16H22F3NO. The Kier molecular flexibility index (Phi) is 4.36. The zero-order valence-electron chi connectivity index (χ0n) is 12.4. The molecule has 21 heavy (non-hydrogen) atoms. The van der Waals surface area contributed by atoms with Gasteiger partial charge < -0.3 is 10.8 Å². The van der Waals surface area contributed by atoms with E-state index in [2.05, 4.69) is 13.8 Å². The van der Waals surface area contributed by atoms with E-state index < -0.39 is 29.0 Å². The minimum absolute atomic E-state index is 0.0524. The Hall–Kier alpha value is -1.07. The molecule has 0 aliphatic heterocycles. The third-order valence-electron chi connectivity index (χ3n) is 4.91. The molecule has 1 unspecified atom stereocenters. The summed E-state index contributed by atoms with van der Waals surface area (Å²) in [6, 6.07) is 1.72. The van der Waals surface area contributed by atoms with Crippen LogP contribution in [0.3, 0.4) is 0 Å². The lowest BCUT2D eigenvalue weighted by molar-refractivity contribution is -0.0239. The fourth-order valence-electron chi connectivity index (χ4n) is 3.10. The fraction of sp³-hybridized carbons (Fsp3) is 0.625. The Bertz CT molecular complexity index is 497. The zero-order valence-corrected chi connectivity index (χ0v) is 12.4. The normalized spacial score (nSPS) is 22.0. The number of hydrogen-bond acceptors (Lipinski definition) is 2. The van der Waals surface area contributed by atoms with Crippen LogP contribution in [0.5, 0.6) is 0 Å². The predicted molar refractivity (Wildman–Crippen MR) is 75.0 cm³/mol. The van der Waals surface area contributed by atoms with Crippen molar-refractivity contribution in [2.75, 3.05) is 6.54 Å². The van der Waals surface area contributed by atoms with Crippen molar-refractivity contribution in [1.29, 1.82) is 0 Å². The summed E-state index contributed by atoms with van der Waals surface area (Å²) in [6.45, 7) is 4.53. The van der Waals surface area contributed by atoms with Gasteiger partial charge in [-0.2, -0.15) is 0 Å². The summed E-state index contributed by atoms with van der Waals surface area (Å²) >= 11 is 0. The molecule has 1 aliphatic rings. The van der Waals surface area contributed by atoms with Crippen molar-refractivity contribution in [3.05, 3.63) is 35.1 Å². The summed E-state index contributed by atoms with van der Waals surface area (Å²) in [4.78, 5) is 0. The highest BCUT2D eigenvalue weighted by Crippen LogP contribution is 2.50. The van der Waals surface area contributed by atoms with Gasteiger partial charge in [0.05, 0.1) is 6.10 Å². The molecule has 0 radical (unpaired) electrons. The molecule has 0 spiro atoms. The lowest BCUT2D eigenvalue weighted by atomic mass is 9.62. The SMILES string of the molecule is CC1(C)CCC(CN)(C(O)c2cc(F)c(F)c(F)c2)CC1. The second-order valence-electron chi connectivity index (χ2n) is 6.93. The van der Waals surface area contributed by atoms with Crippen molar-refractivity contribution in [3.8, 4) is 0 Å². The van der Waals surface area contributed by atoms with Gasteiger partial charge in [-0.3, -0.25) is 0 Å². The van der Waals surface area contributed by atoms with Crippen LogP contribution in [-0.4, -0.2) is 11.7 Å². The topological polar surface area (TPSA) is 46.2 Å². The molecule has 0 bridgehead atoms. The molecule has 0 amide bonds. The van der Waals surface area contributed by atoms with E-state index in [0.717, 1.165) is 25.0 Å². The number of halogens is 3. The van der Waals surface area contributed by atoms with Gasteiger partial charge in [0.15, 0.2) is 17.5 Å². The number of aliphatic hydroxyl groups excluding tert-OH is 1. The molecule has 5 heteroatoms. The maximum atomic E-state index is 13.4. The van der Waals surface area contributed by atoms with Gasteiger partial charge in [0, 0.05) is 12.0 Å². The highest BCUT2D eigenvalue weighted by molar-refractivity contribution is 5.24. The van der Waals surface area contributed by atoms with Crippen LogP contribution in [0, 0.1) is 28.3 Å². The van der Waals surface area contributed by atoms with Gasteiger partial charge in [0.2, 0.25) is 0 Å². The molecule has 1 atom stereocenters. The van der Waals surface area contributed by atoms with Gasteiger partial charge in [-0.1, -0.05) is 13.8 Å². The molecule has 0 saturated heterocycles. The maximum absolute atomic E-state index is 13.4. The van der Waals surface area contributed by atoms with Crippen molar-refractivity contribution in [3.63, 3.8) is 0 Å². The van der Waals surface area contributed by atoms with E-state index in [1.165, 1.54) is 0 Å². The average Bonchev–Trinajstić information content (AvgIpc) is 2.44. The molecule has 2 rings (SSSR count). The van der Waals surface area contributed by atoms with Crippen molar-refractivity contribution in [1.82, 2.24) is 0 Å². The average molecular weight is 301 g/mol. The summed E-state index contributed by atoms with van der Waals surface area (Å²) in [5.74, 6) is -4.09. The van der Waals surface area contributed by atoms with E-state index in [1.54, 1.807) is 0 Å². The van der Waals surface area contributed by atoms with Gasteiger partial charge in [-0.25, -0.2) is 13.2 Å². The summed E-state index contributed by atoms with van der Waals surface area (Å²) in [7, 11) is 0. The molecule has 0 heterocycles. The van der Waals surface area contributed by atoms with Crippen LogP contribution in [-0.2, 0) is 0 Å². The molecule has 1 aromatic rings. The highest BCUT2D eigenvalue weighted by atomic mass is 19.2. The predicted octanol–water partition coefficient (Wildman–Crippen LogP) is 3.68. The van der Waals surface area contributed by atoms with Gasteiger partial charge in [-0.15, -0.1) is 0 Å². The number of nitrogens with two attached hydrogens (primary N) is 1. The fourth-order valence-corrected chi connectivity index (χ4v) is 3.10. The second kappa shape index (κ2) is 5.61. The minimum atomic E-state index is -1.52. The highest BCUT2D eigenvalue weighted by Gasteiger charge is 2.43. The van der Waals surface area contributed by atoms with Gasteiger partial charge in [0.25, 0.3) is 0 Å². The van der Waals surface area contributed by atoms with E-state index >= 15 is 0 Å².